The molecule has 0 aromatic heterocycles. The first kappa shape index (κ1) is 18.9. The minimum absolute atomic E-state index is 0.215. The number of nitrogens with one attached hydrogen (secondary N) is 1. The molecule has 1 N–H and O–H groups in total. The zero-order valence-electron chi connectivity index (χ0n) is 14.3. The monoisotopic (exact) mass is 384 g/mol. The summed E-state index contributed by atoms with van der Waals surface area (Å²) in [6.07, 6.45) is -3.40. The number of hydrogen-bond acceptors (Lipinski definition) is 3. The Morgan fingerprint density at radius 3 is 2.46 bits per heavy atom. The van der Waals surface area contributed by atoms with Gasteiger partial charge in [-0.1, -0.05) is 17.7 Å². The van der Waals surface area contributed by atoms with E-state index in [1.807, 2.05) is 12.1 Å². The zero-order valence-corrected chi connectivity index (χ0v) is 15.1. The van der Waals surface area contributed by atoms with Crippen LogP contribution in [0.5, 0.6) is 5.75 Å². The van der Waals surface area contributed by atoms with Crippen molar-refractivity contribution in [1.29, 1.82) is 0 Å². The fourth-order valence-corrected chi connectivity index (χ4v) is 3.46. The van der Waals surface area contributed by atoms with Gasteiger partial charge in [-0.25, -0.2) is 0 Å². The number of anilines is 1. The number of nitrogens with zero attached hydrogens (tertiary/aromatic N) is 1. The number of alkyl halides is 3. The molecule has 26 heavy (non-hydrogen) atoms. The largest absolute Gasteiger partial charge is 0.495 e. The highest BCUT2D eigenvalue weighted by molar-refractivity contribution is 6.32. The summed E-state index contributed by atoms with van der Waals surface area (Å²) in [7, 11) is 1.56. The number of ether oxygens (including phenoxy) is 1. The molecule has 0 spiro atoms. The van der Waals surface area contributed by atoms with Crippen LogP contribution in [0.4, 0.5) is 18.9 Å². The van der Waals surface area contributed by atoms with Crippen molar-refractivity contribution in [2.45, 2.75) is 25.2 Å². The molecule has 7 heteroatoms. The van der Waals surface area contributed by atoms with E-state index in [-0.39, 0.29) is 6.04 Å². The lowest BCUT2D eigenvalue weighted by atomic mass is 10.1. The molecule has 1 fully saturated rings. The number of benzene rings is 2. The van der Waals surface area contributed by atoms with E-state index in [1.165, 1.54) is 12.1 Å². The Kier molecular flexibility index (Phi) is 5.63. The maximum absolute atomic E-state index is 12.8. The second-order valence-electron chi connectivity index (χ2n) is 6.29. The van der Waals surface area contributed by atoms with Crippen molar-refractivity contribution in [3.63, 3.8) is 0 Å². The first-order valence-electron chi connectivity index (χ1n) is 8.35. The zero-order chi connectivity index (χ0) is 18.7. The third-order valence-electron chi connectivity index (χ3n) is 4.57. The van der Waals surface area contributed by atoms with Gasteiger partial charge in [0.2, 0.25) is 0 Å². The third kappa shape index (κ3) is 4.24. The maximum Gasteiger partial charge on any atom is 0.416 e. The molecule has 0 saturated carbocycles. The van der Waals surface area contributed by atoms with Gasteiger partial charge in [0.15, 0.2) is 0 Å². The fraction of sp³-hybridized carbons (Fsp3) is 0.368. The Hall–Kier alpha value is -1.92. The smallest absolute Gasteiger partial charge is 0.416 e. The Morgan fingerprint density at radius 1 is 1.19 bits per heavy atom. The first-order valence-corrected chi connectivity index (χ1v) is 8.73. The van der Waals surface area contributed by atoms with E-state index >= 15 is 0 Å². The maximum atomic E-state index is 12.8. The van der Waals surface area contributed by atoms with Gasteiger partial charge in [-0.15, -0.1) is 0 Å². The molecule has 1 atom stereocenters. The van der Waals surface area contributed by atoms with Crippen molar-refractivity contribution >= 4 is 17.3 Å². The number of methoxy groups -OCH3 is 1. The summed E-state index contributed by atoms with van der Waals surface area (Å²) in [4.78, 5) is 2.12. The molecule has 3 rings (SSSR count). The van der Waals surface area contributed by atoms with E-state index in [4.69, 9.17) is 16.3 Å². The molecule has 2 aromatic carbocycles. The van der Waals surface area contributed by atoms with Crippen LogP contribution in [-0.2, 0) is 12.7 Å². The molecule has 1 aliphatic rings. The summed E-state index contributed by atoms with van der Waals surface area (Å²) in [5.74, 6) is 0.596. The number of halogens is 4. The predicted molar refractivity (Wildman–Crippen MR) is 96.9 cm³/mol. The van der Waals surface area contributed by atoms with E-state index < -0.39 is 11.7 Å². The van der Waals surface area contributed by atoms with Crippen LogP contribution in [0.1, 0.15) is 17.5 Å². The third-order valence-corrected chi connectivity index (χ3v) is 4.87. The van der Waals surface area contributed by atoms with Crippen LogP contribution in [0.25, 0.3) is 0 Å². The number of hydrogen-bond donors (Lipinski definition) is 1. The molecule has 0 aliphatic carbocycles. The van der Waals surface area contributed by atoms with Gasteiger partial charge >= 0.3 is 6.18 Å². The van der Waals surface area contributed by atoms with Crippen molar-refractivity contribution in [3.05, 3.63) is 58.6 Å². The van der Waals surface area contributed by atoms with Gasteiger partial charge in [-0.05, 0) is 54.9 Å². The fourth-order valence-electron chi connectivity index (χ4n) is 3.18. The average Bonchev–Trinajstić information content (AvgIpc) is 3.13. The summed E-state index contributed by atoms with van der Waals surface area (Å²) < 4.78 is 43.7. The lowest BCUT2D eigenvalue weighted by Gasteiger charge is -2.31. The van der Waals surface area contributed by atoms with Gasteiger partial charge in [0, 0.05) is 24.8 Å². The van der Waals surface area contributed by atoms with Crippen molar-refractivity contribution < 1.29 is 17.9 Å². The lowest BCUT2D eigenvalue weighted by molar-refractivity contribution is -0.137. The van der Waals surface area contributed by atoms with E-state index in [1.54, 1.807) is 13.2 Å². The molecule has 1 saturated heterocycles. The summed E-state index contributed by atoms with van der Waals surface area (Å²) in [5.41, 5.74) is 1.10. The first-order chi connectivity index (χ1) is 12.4. The van der Waals surface area contributed by atoms with Crippen LogP contribution in [0, 0.1) is 0 Å². The summed E-state index contributed by atoms with van der Waals surface area (Å²) in [6.45, 7) is 2.25. The van der Waals surface area contributed by atoms with Crippen molar-refractivity contribution in [2.75, 3.05) is 25.1 Å². The van der Waals surface area contributed by atoms with Crippen molar-refractivity contribution in [1.82, 2.24) is 5.32 Å². The Labute approximate surface area is 155 Å². The van der Waals surface area contributed by atoms with Gasteiger partial charge in [-0.2, -0.15) is 13.2 Å². The van der Waals surface area contributed by atoms with Crippen molar-refractivity contribution in [3.8, 4) is 5.75 Å². The van der Waals surface area contributed by atoms with Gasteiger partial charge in [0.1, 0.15) is 5.75 Å². The second-order valence-corrected chi connectivity index (χ2v) is 6.70. The Balaban J connectivity index is 1.87. The van der Waals surface area contributed by atoms with Gasteiger partial charge < -0.3 is 15.0 Å². The van der Waals surface area contributed by atoms with Gasteiger partial charge in [0.25, 0.3) is 0 Å². The van der Waals surface area contributed by atoms with E-state index in [0.717, 1.165) is 42.9 Å². The van der Waals surface area contributed by atoms with Crippen LogP contribution in [-0.4, -0.2) is 26.2 Å². The van der Waals surface area contributed by atoms with Gasteiger partial charge in [-0.3, -0.25) is 0 Å². The second kappa shape index (κ2) is 7.76. The molecule has 3 nitrogen and oxygen atoms in total. The van der Waals surface area contributed by atoms with Crippen LogP contribution in [0.3, 0.4) is 0 Å². The summed E-state index contributed by atoms with van der Waals surface area (Å²) in [5, 5.41) is 3.82. The van der Waals surface area contributed by atoms with Crippen LogP contribution < -0.4 is 15.0 Å². The van der Waals surface area contributed by atoms with Crippen LogP contribution in [0.2, 0.25) is 5.02 Å². The highest BCUT2D eigenvalue weighted by atomic mass is 35.5. The van der Waals surface area contributed by atoms with Crippen LogP contribution >= 0.6 is 11.6 Å². The lowest BCUT2D eigenvalue weighted by Crippen LogP contribution is -2.36. The quantitative estimate of drug-likeness (QED) is 0.806. The topological polar surface area (TPSA) is 24.5 Å². The molecular weight excluding hydrogens is 365 g/mol. The minimum atomic E-state index is -4.33. The Morgan fingerprint density at radius 2 is 1.92 bits per heavy atom. The molecule has 1 aliphatic heterocycles. The van der Waals surface area contributed by atoms with E-state index in [9.17, 15) is 13.2 Å². The minimum Gasteiger partial charge on any atom is -0.495 e. The number of rotatable bonds is 5. The highest BCUT2D eigenvalue weighted by Gasteiger charge is 2.31. The molecule has 2 aromatic rings. The average molecular weight is 385 g/mol. The molecule has 0 bridgehead atoms. The molecular formula is C19H20ClF3N2O. The Bertz CT molecular complexity index is 743. The highest BCUT2D eigenvalue weighted by Crippen LogP contribution is 2.32. The molecule has 140 valence electrons. The molecule has 0 radical (unpaired) electrons. The van der Waals surface area contributed by atoms with Crippen molar-refractivity contribution in [2.24, 2.45) is 0 Å². The molecule has 0 unspecified atom stereocenters. The molecule has 0 amide bonds. The van der Waals surface area contributed by atoms with Gasteiger partial charge in [0.05, 0.1) is 17.7 Å². The van der Waals surface area contributed by atoms with E-state index in [2.05, 4.69) is 10.2 Å². The normalized spacial score (nSPS) is 17.3. The summed E-state index contributed by atoms with van der Waals surface area (Å²) in [6, 6.07) is 11.1. The predicted octanol–water partition coefficient (Wildman–Crippen LogP) is 4.74. The summed E-state index contributed by atoms with van der Waals surface area (Å²) >= 11 is 6.21. The molecule has 1 heterocycles. The standard InChI is InChI=1S/C19H20ClF3N2O/c1-26-18-7-2-13(10-17(18)20)12-25(16-8-9-24-11-16)15-5-3-14(4-6-15)19(21,22)23/h2-7,10,16,24H,8-9,11-12H2,1H3/t16-/m0/s1. The van der Waals surface area contributed by atoms with Crippen LogP contribution in [0.15, 0.2) is 42.5 Å². The van der Waals surface area contributed by atoms with E-state index in [0.29, 0.717) is 17.3 Å². The SMILES string of the molecule is COc1ccc(CN(c2ccc(C(F)(F)F)cc2)[C@H]2CCNC2)cc1Cl.